The van der Waals surface area contributed by atoms with Crippen LogP contribution >= 0.6 is 0 Å². The lowest BCUT2D eigenvalue weighted by Gasteiger charge is -2.47. The molecule has 1 atom stereocenters. The predicted molar refractivity (Wildman–Crippen MR) is 337 cm³/mol. The molecular weight excluding hydrogens is 981 g/mol. The summed E-state index contributed by atoms with van der Waals surface area (Å²) in [5, 5.41) is 0. The van der Waals surface area contributed by atoms with Gasteiger partial charge < -0.3 is 0 Å². The van der Waals surface area contributed by atoms with Gasteiger partial charge in [-0.25, -0.2) is 15.0 Å². The van der Waals surface area contributed by atoms with Gasteiger partial charge in [-0.2, -0.15) is 4.57 Å². The molecule has 0 fully saturated rings. The molecule has 0 amide bonds. The number of fused-ring (bicyclic) bond motifs is 3. The van der Waals surface area contributed by atoms with Crippen molar-refractivity contribution < 1.29 is 4.57 Å². The van der Waals surface area contributed by atoms with Crippen molar-refractivity contribution in [3.63, 3.8) is 0 Å². The van der Waals surface area contributed by atoms with Gasteiger partial charge in [0.2, 0.25) is 5.69 Å². The number of hydrogen-bond donors (Lipinski definition) is 0. The predicted octanol–water partition coefficient (Wildman–Crippen LogP) is 19.8. The van der Waals surface area contributed by atoms with Crippen LogP contribution in [0.4, 0.5) is 0 Å². The Morgan fingerprint density at radius 3 is 1.20 bits per heavy atom. The molecule has 9 aromatic carbocycles. The van der Waals surface area contributed by atoms with Crippen molar-refractivity contribution in [3.8, 4) is 112 Å². The molecule has 3 heterocycles. The summed E-state index contributed by atoms with van der Waals surface area (Å²) in [6.45, 7) is 9.56. The van der Waals surface area contributed by atoms with E-state index in [9.17, 15) is 0 Å². The summed E-state index contributed by atoms with van der Waals surface area (Å²) in [6, 6.07) is 85.8. The van der Waals surface area contributed by atoms with Gasteiger partial charge in [-0.05, 0) is 176 Å². The van der Waals surface area contributed by atoms with Crippen molar-refractivity contribution in [2.24, 2.45) is 0 Å². The summed E-state index contributed by atoms with van der Waals surface area (Å²) >= 11 is 0. The first kappa shape index (κ1) is 51.1. The maximum Gasteiger partial charge on any atom is 0.213 e. The first-order chi connectivity index (χ1) is 39.8. The summed E-state index contributed by atoms with van der Waals surface area (Å²) < 4.78 is 2.59. The van der Waals surface area contributed by atoms with Crippen molar-refractivity contribution in [1.29, 1.82) is 0 Å². The number of hydrogen-bond acceptors (Lipinski definition) is 3. The third-order valence-corrected chi connectivity index (χ3v) is 17.6. The van der Waals surface area contributed by atoms with E-state index >= 15 is 0 Å². The summed E-state index contributed by atoms with van der Waals surface area (Å²) in [6.07, 6.45) is 14.5. The molecule has 2 aliphatic rings. The van der Waals surface area contributed by atoms with Crippen LogP contribution < -0.4 is 4.57 Å². The van der Waals surface area contributed by atoms with Crippen LogP contribution in [0.5, 0.6) is 0 Å². The van der Waals surface area contributed by atoms with Crippen LogP contribution in [0.1, 0.15) is 70.9 Å². The Morgan fingerprint density at radius 2 is 0.753 bits per heavy atom. The number of aromatic nitrogens is 4. The van der Waals surface area contributed by atoms with Gasteiger partial charge in [0.05, 0.1) is 11.0 Å². The highest BCUT2D eigenvalue weighted by atomic mass is 15.1. The number of rotatable bonds is 13. The fourth-order valence-corrected chi connectivity index (χ4v) is 13.1. The van der Waals surface area contributed by atoms with E-state index in [0.29, 0.717) is 17.5 Å². The van der Waals surface area contributed by atoms with Crippen LogP contribution in [0.2, 0.25) is 0 Å². The lowest BCUT2D eigenvalue weighted by molar-refractivity contribution is -0.769. The molecule has 81 heavy (non-hydrogen) atoms. The Balaban J connectivity index is 0.954. The van der Waals surface area contributed by atoms with Gasteiger partial charge in [-0.3, -0.25) is 0 Å². The van der Waals surface area contributed by atoms with Crippen molar-refractivity contribution in [1.82, 2.24) is 15.0 Å². The van der Waals surface area contributed by atoms with Gasteiger partial charge in [0.15, 0.2) is 29.2 Å². The first-order valence-electron chi connectivity index (χ1n) is 28.9. The molecule has 4 nitrogen and oxygen atoms in total. The quantitative estimate of drug-likeness (QED) is 0.108. The average Bonchev–Trinajstić information content (AvgIpc) is 3.53. The van der Waals surface area contributed by atoms with Gasteiger partial charge in [-0.1, -0.05) is 197 Å². The second kappa shape index (κ2) is 21.7. The zero-order chi connectivity index (χ0) is 54.9. The Morgan fingerprint density at radius 1 is 0.358 bits per heavy atom. The second-order valence-corrected chi connectivity index (χ2v) is 22.0. The van der Waals surface area contributed by atoms with Gasteiger partial charge in [0.1, 0.15) is 0 Å². The van der Waals surface area contributed by atoms with Crippen LogP contribution in [0.15, 0.2) is 261 Å². The lowest BCUT2D eigenvalue weighted by atomic mass is 9.58. The first-order valence-corrected chi connectivity index (χ1v) is 28.9. The molecule has 13 rings (SSSR count). The third kappa shape index (κ3) is 9.55. The summed E-state index contributed by atoms with van der Waals surface area (Å²) in [5.74, 6) is 1.83. The number of benzene rings is 9. The van der Waals surface area contributed by atoms with E-state index < -0.39 is 0 Å². The van der Waals surface area contributed by atoms with E-state index in [4.69, 9.17) is 15.0 Å². The number of nitrogens with zero attached hydrogens (tertiary/aromatic N) is 4. The SMILES string of the molecule is CCC1(C)c2ccc(-c3cccc(-c4nc(-c5cccc(-c6cc(C7=CCCC=C7)cc(-c7ccccc7)c6)c5)nc(-c5cccc(-c6cc(-c7ccccc7)cc(-c7ccccc7)c6)c5)n4)c3)cc2-c2cccc[n+]2C1(CC)CC. The molecule has 0 N–H and O–H groups in total. The normalized spacial score (nSPS) is 15.1. The van der Waals surface area contributed by atoms with E-state index in [0.717, 1.165) is 93.3 Å². The largest absolute Gasteiger partial charge is 0.213 e. The zero-order valence-corrected chi connectivity index (χ0v) is 46.7. The molecular formula is C77H65N4+. The van der Waals surface area contributed by atoms with Crippen molar-refractivity contribution >= 4 is 5.57 Å². The minimum absolute atomic E-state index is 0.0311. The van der Waals surface area contributed by atoms with Crippen LogP contribution in [-0.4, -0.2) is 15.0 Å². The topological polar surface area (TPSA) is 42.6 Å². The monoisotopic (exact) mass is 1050 g/mol. The minimum atomic E-state index is -0.0519. The highest BCUT2D eigenvalue weighted by molar-refractivity contribution is 5.86. The molecule has 0 radical (unpaired) electrons. The Kier molecular flexibility index (Phi) is 13.7. The maximum absolute atomic E-state index is 5.42. The third-order valence-electron chi connectivity index (χ3n) is 17.6. The highest BCUT2D eigenvalue weighted by Gasteiger charge is 2.58. The molecule has 4 heteroatoms. The van der Waals surface area contributed by atoms with Gasteiger partial charge >= 0.3 is 0 Å². The van der Waals surface area contributed by atoms with E-state index in [1.807, 2.05) is 0 Å². The molecule has 1 aliphatic heterocycles. The lowest BCUT2D eigenvalue weighted by Crippen LogP contribution is -2.68. The zero-order valence-electron chi connectivity index (χ0n) is 46.7. The molecule has 1 aliphatic carbocycles. The van der Waals surface area contributed by atoms with Crippen LogP contribution in [0, 0.1) is 0 Å². The average molecular weight is 1050 g/mol. The van der Waals surface area contributed by atoms with Gasteiger partial charge in [0, 0.05) is 41.7 Å². The number of allylic oxidation sites excluding steroid dienone is 4. The van der Waals surface area contributed by atoms with E-state index in [-0.39, 0.29) is 11.0 Å². The van der Waals surface area contributed by atoms with Crippen molar-refractivity contribution in [3.05, 3.63) is 272 Å². The molecule has 0 saturated carbocycles. The molecule has 11 aromatic rings. The molecule has 0 spiro atoms. The van der Waals surface area contributed by atoms with Gasteiger partial charge in [0.25, 0.3) is 0 Å². The molecule has 2 aromatic heterocycles. The fraction of sp³-hybridized carbons (Fsp3) is 0.143. The Bertz CT molecular complexity index is 4130. The highest BCUT2D eigenvalue weighted by Crippen LogP contribution is 2.52. The van der Waals surface area contributed by atoms with Crippen molar-refractivity contribution in [2.75, 3.05) is 0 Å². The van der Waals surface area contributed by atoms with Crippen LogP contribution in [-0.2, 0) is 11.0 Å². The smallest absolute Gasteiger partial charge is 0.208 e. The van der Waals surface area contributed by atoms with Crippen LogP contribution in [0.3, 0.4) is 0 Å². The van der Waals surface area contributed by atoms with Crippen LogP contribution in [0.25, 0.3) is 118 Å². The van der Waals surface area contributed by atoms with E-state index in [1.54, 1.807) is 0 Å². The number of pyridine rings is 1. The molecule has 0 saturated heterocycles. The molecule has 0 bridgehead atoms. The van der Waals surface area contributed by atoms with Gasteiger partial charge in [-0.15, -0.1) is 0 Å². The van der Waals surface area contributed by atoms with Crippen molar-refractivity contribution in [2.45, 2.75) is 70.8 Å². The minimum Gasteiger partial charge on any atom is -0.208 e. The summed E-state index contributed by atoms with van der Waals surface area (Å²) in [4.78, 5) is 16.2. The Labute approximate surface area is 477 Å². The van der Waals surface area contributed by atoms with E-state index in [2.05, 4.69) is 293 Å². The summed E-state index contributed by atoms with van der Waals surface area (Å²) in [7, 11) is 0. The second-order valence-electron chi connectivity index (χ2n) is 22.0. The van der Waals surface area contributed by atoms with E-state index in [1.165, 1.54) is 50.2 Å². The summed E-state index contributed by atoms with van der Waals surface area (Å²) in [5.41, 5.74) is 22.8. The standard InChI is InChI=1S/C77H65N4/c1-5-76(4)71-41-40-60(52-70(71)72-39-20-21-42-81(72)77(76,6-2)7-3)57-33-22-36-61(43-57)73-78-74(62-37-23-34-58(44-62)68-48-64(53-25-12-8-13-26-53)46-65(49-68)54-27-14-9-15-28-54)80-75(79-73)63-38-24-35-59(45-63)69-50-66(55-29-16-10-17-30-55)47-67(51-69)56-31-18-11-19-32-56/h8-10,12-18,20-52H,5-7,11,19H2,1-4H3/q+1. The Hall–Kier alpha value is -9.38. The maximum atomic E-state index is 5.42. The molecule has 392 valence electrons. The fourth-order valence-electron chi connectivity index (χ4n) is 13.1. The molecule has 1 unspecified atom stereocenters.